The molecular formula is C33H36N8O10. The Bertz CT molecular complexity index is 1870. The summed E-state index contributed by atoms with van der Waals surface area (Å²) >= 11 is 0. The fourth-order valence-electron chi connectivity index (χ4n) is 4.10. The third-order valence-corrected chi connectivity index (χ3v) is 6.32. The number of rotatable bonds is 8. The van der Waals surface area contributed by atoms with Gasteiger partial charge >= 0.3 is 18.4 Å². The number of amides is 1. The van der Waals surface area contributed by atoms with Gasteiger partial charge in [0.2, 0.25) is 0 Å². The zero-order chi connectivity index (χ0) is 38.7. The lowest BCUT2D eigenvalue weighted by Gasteiger charge is -2.24. The Labute approximate surface area is 292 Å². The van der Waals surface area contributed by atoms with Gasteiger partial charge in [-0.2, -0.15) is 19.2 Å². The van der Waals surface area contributed by atoms with Gasteiger partial charge in [-0.05, 0) is 45.7 Å². The predicted molar refractivity (Wildman–Crippen MR) is 180 cm³/mol. The molecule has 1 amide bonds. The molecule has 0 fully saturated rings. The SMILES string of the molecule is CNc1cc(Cc2ccc(C)cc2[N+](=O)[O-])ncn1.Cc1ccc(Cc2cc(N(C)C(=O)OC(C)(C)C)ncn2)c([N+](=O)[O-])c1.O=C=O.O=C=O. The molecule has 0 saturated heterocycles. The highest BCUT2D eigenvalue weighted by Gasteiger charge is 2.22. The Hall–Kier alpha value is -6.77. The van der Waals surface area contributed by atoms with Crippen LogP contribution in [-0.4, -0.2) is 67.9 Å². The second-order valence-corrected chi connectivity index (χ2v) is 11.4. The Kier molecular flexibility index (Phi) is 17.0. The van der Waals surface area contributed by atoms with E-state index < -0.39 is 16.6 Å². The number of aromatic nitrogens is 4. The van der Waals surface area contributed by atoms with Crippen LogP contribution in [0.25, 0.3) is 0 Å². The van der Waals surface area contributed by atoms with Gasteiger partial charge in [0.05, 0.1) is 21.2 Å². The molecule has 1 N–H and O–H groups in total. The van der Waals surface area contributed by atoms with Crippen LogP contribution in [0.3, 0.4) is 0 Å². The first-order valence-electron chi connectivity index (χ1n) is 14.7. The molecule has 0 atom stereocenters. The van der Waals surface area contributed by atoms with Gasteiger partial charge in [-0.15, -0.1) is 0 Å². The van der Waals surface area contributed by atoms with E-state index >= 15 is 0 Å². The van der Waals surface area contributed by atoms with E-state index in [9.17, 15) is 25.0 Å². The second-order valence-electron chi connectivity index (χ2n) is 11.4. The van der Waals surface area contributed by atoms with Crippen molar-refractivity contribution in [2.45, 2.75) is 53.1 Å². The lowest BCUT2D eigenvalue weighted by atomic mass is 10.0. The molecule has 0 aliphatic carbocycles. The van der Waals surface area contributed by atoms with Crippen molar-refractivity contribution in [2.75, 3.05) is 24.3 Å². The summed E-state index contributed by atoms with van der Waals surface area (Å²) in [6.45, 7) is 8.97. The van der Waals surface area contributed by atoms with Gasteiger partial charge < -0.3 is 10.1 Å². The van der Waals surface area contributed by atoms with Crippen LogP contribution in [0.15, 0.2) is 61.2 Å². The van der Waals surface area contributed by atoms with Crippen LogP contribution in [0.5, 0.6) is 0 Å². The first-order valence-corrected chi connectivity index (χ1v) is 14.7. The number of carbonyl (C=O) groups is 1. The average molecular weight is 705 g/mol. The third-order valence-electron chi connectivity index (χ3n) is 6.32. The molecule has 0 bridgehead atoms. The van der Waals surface area contributed by atoms with Crippen LogP contribution in [0, 0.1) is 34.1 Å². The summed E-state index contributed by atoms with van der Waals surface area (Å²) in [4.78, 5) is 83.9. The van der Waals surface area contributed by atoms with Gasteiger partial charge in [0.15, 0.2) is 0 Å². The molecule has 18 nitrogen and oxygen atoms in total. The predicted octanol–water partition coefficient (Wildman–Crippen LogP) is 4.81. The van der Waals surface area contributed by atoms with Gasteiger partial charge in [-0.25, -0.2) is 24.7 Å². The minimum absolute atomic E-state index is 0.0469. The molecule has 0 unspecified atom stereocenters. The van der Waals surface area contributed by atoms with E-state index in [-0.39, 0.29) is 35.0 Å². The van der Waals surface area contributed by atoms with Crippen molar-refractivity contribution in [2.24, 2.45) is 0 Å². The monoisotopic (exact) mass is 704 g/mol. The topological polar surface area (TPSA) is 248 Å². The zero-order valence-electron chi connectivity index (χ0n) is 28.9. The Morgan fingerprint density at radius 3 is 1.63 bits per heavy atom. The maximum absolute atomic E-state index is 12.2. The van der Waals surface area contributed by atoms with E-state index in [4.69, 9.17) is 23.9 Å². The van der Waals surface area contributed by atoms with Crippen LogP contribution in [0.2, 0.25) is 0 Å². The number of aryl methyl sites for hydroxylation is 2. The summed E-state index contributed by atoms with van der Waals surface area (Å²) < 4.78 is 5.31. The second kappa shape index (κ2) is 20.6. The number of nitro benzene ring substituents is 2. The number of anilines is 2. The Balaban J connectivity index is 0.000000456. The highest BCUT2D eigenvalue weighted by Crippen LogP contribution is 2.25. The number of nitro groups is 2. The van der Waals surface area contributed by atoms with Gasteiger partial charge in [-0.1, -0.05) is 24.3 Å². The summed E-state index contributed by atoms with van der Waals surface area (Å²) in [6, 6.07) is 13.7. The molecule has 4 aromatic rings. The number of benzene rings is 2. The number of ether oxygens (including phenoxy) is 1. The Morgan fingerprint density at radius 2 is 1.22 bits per heavy atom. The molecule has 0 radical (unpaired) electrons. The van der Waals surface area contributed by atoms with Crippen molar-refractivity contribution in [3.05, 3.63) is 115 Å². The molecular weight excluding hydrogens is 668 g/mol. The Morgan fingerprint density at radius 1 is 0.784 bits per heavy atom. The van der Waals surface area contributed by atoms with Crippen molar-refractivity contribution in [3.8, 4) is 0 Å². The van der Waals surface area contributed by atoms with E-state index in [1.165, 1.54) is 23.6 Å². The maximum Gasteiger partial charge on any atom is 0.415 e. The summed E-state index contributed by atoms with van der Waals surface area (Å²) in [5.74, 6) is 1.05. The normalized spacial score (nSPS) is 9.78. The molecule has 18 heteroatoms. The van der Waals surface area contributed by atoms with Crippen molar-refractivity contribution in [3.63, 3.8) is 0 Å². The van der Waals surface area contributed by atoms with Crippen LogP contribution in [-0.2, 0) is 36.8 Å². The molecule has 0 spiro atoms. The number of nitrogens with one attached hydrogen (secondary N) is 1. The summed E-state index contributed by atoms with van der Waals surface area (Å²) in [6.07, 6.45) is 3.40. The summed E-state index contributed by atoms with van der Waals surface area (Å²) in [7, 11) is 3.31. The first-order chi connectivity index (χ1) is 24.0. The molecule has 268 valence electrons. The molecule has 2 aromatic heterocycles. The molecule has 0 saturated carbocycles. The van der Waals surface area contributed by atoms with E-state index in [0.29, 0.717) is 34.9 Å². The van der Waals surface area contributed by atoms with E-state index in [2.05, 4.69) is 25.3 Å². The molecule has 2 heterocycles. The average Bonchev–Trinajstić information content (AvgIpc) is 3.06. The minimum atomic E-state index is -0.621. The van der Waals surface area contributed by atoms with Crippen molar-refractivity contribution in [1.29, 1.82) is 0 Å². The maximum atomic E-state index is 12.2. The molecule has 0 aliphatic rings. The quantitative estimate of drug-likeness (QED) is 0.191. The van der Waals surface area contributed by atoms with Crippen LogP contribution < -0.4 is 10.2 Å². The smallest absolute Gasteiger partial charge is 0.415 e. The number of hydrogen-bond acceptors (Lipinski definition) is 15. The van der Waals surface area contributed by atoms with Gasteiger partial charge in [-0.3, -0.25) is 25.1 Å². The molecule has 4 rings (SSSR count). The van der Waals surface area contributed by atoms with Crippen molar-refractivity contribution in [1.82, 2.24) is 19.9 Å². The highest BCUT2D eigenvalue weighted by molar-refractivity contribution is 5.86. The minimum Gasteiger partial charge on any atom is -0.443 e. The lowest BCUT2D eigenvalue weighted by Crippen LogP contribution is -2.34. The number of carbonyl (C=O) groups excluding carboxylic acids is 5. The molecule has 51 heavy (non-hydrogen) atoms. The molecule has 2 aromatic carbocycles. The van der Waals surface area contributed by atoms with E-state index in [1.807, 2.05) is 19.1 Å². The number of hydrogen-bond donors (Lipinski definition) is 1. The van der Waals surface area contributed by atoms with Crippen LogP contribution in [0.4, 0.5) is 27.8 Å². The van der Waals surface area contributed by atoms with Crippen molar-refractivity contribution < 1.29 is 38.6 Å². The van der Waals surface area contributed by atoms with Crippen molar-refractivity contribution >= 4 is 41.4 Å². The number of nitrogens with zero attached hydrogens (tertiary/aromatic N) is 7. The van der Waals surface area contributed by atoms with Gasteiger partial charge in [0.1, 0.15) is 29.9 Å². The lowest BCUT2D eigenvalue weighted by molar-refractivity contribution is -0.385. The zero-order valence-corrected chi connectivity index (χ0v) is 28.9. The van der Waals surface area contributed by atoms with Gasteiger partial charge in [0, 0.05) is 62.3 Å². The van der Waals surface area contributed by atoms with E-state index in [0.717, 1.165) is 16.8 Å². The first kappa shape index (κ1) is 42.3. The van der Waals surface area contributed by atoms with Gasteiger partial charge in [0.25, 0.3) is 11.4 Å². The third kappa shape index (κ3) is 14.9. The highest BCUT2D eigenvalue weighted by atomic mass is 16.6. The summed E-state index contributed by atoms with van der Waals surface area (Å²) in [5.41, 5.74) is 3.74. The van der Waals surface area contributed by atoms with E-state index in [1.54, 1.807) is 72.1 Å². The fraction of sp³-hybridized carbons (Fsp3) is 0.303. The fourth-order valence-corrected chi connectivity index (χ4v) is 4.10. The van der Waals surface area contributed by atoms with Crippen LogP contribution in [0.1, 0.15) is 54.4 Å². The largest absolute Gasteiger partial charge is 0.443 e. The van der Waals surface area contributed by atoms with Crippen LogP contribution >= 0.6 is 0 Å². The molecule has 0 aliphatic heterocycles. The summed E-state index contributed by atoms with van der Waals surface area (Å²) in [5, 5.41) is 25.2. The standard InChI is InChI=1S/C18H22N4O4.C13H14N4O2.2CO2/c1-12-6-7-13(15(8-12)22(24)25)9-14-10-16(20-11-19-14)21(5)17(23)26-18(2,3)4;1-9-3-4-10(12(5-9)17(18)19)6-11-7-13(14-2)16-8-15-11;2*2-1-3/h6-8,10-11H,9H2,1-5H3;3-5,7-8H,6H2,1-2H3,(H,14,15,16);;.